The number of rotatable bonds is 4. The van der Waals surface area contributed by atoms with Crippen molar-refractivity contribution in [2.75, 3.05) is 7.11 Å². The molecule has 1 atom stereocenters. The van der Waals surface area contributed by atoms with Gasteiger partial charge >= 0.3 is 0 Å². The van der Waals surface area contributed by atoms with Crippen LogP contribution >= 0.6 is 0 Å². The molecule has 1 unspecified atom stereocenters. The molecule has 0 bridgehead atoms. The van der Waals surface area contributed by atoms with Crippen molar-refractivity contribution in [3.63, 3.8) is 0 Å². The second-order valence-corrected chi connectivity index (χ2v) is 4.85. The van der Waals surface area contributed by atoms with Crippen LogP contribution in [0.3, 0.4) is 0 Å². The van der Waals surface area contributed by atoms with E-state index in [0.717, 1.165) is 36.4 Å². The number of ether oxygens (including phenoxy) is 1. The van der Waals surface area contributed by atoms with E-state index < -0.39 is 0 Å². The van der Waals surface area contributed by atoms with Crippen molar-refractivity contribution in [2.24, 2.45) is 5.41 Å². The number of pyridine rings is 1. The van der Waals surface area contributed by atoms with Gasteiger partial charge in [0, 0.05) is 28.9 Å². The fourth-order valence-electron chi connectivity index (χ4n) is 2.17. The Hall–Kier alpha value is -1.09. The molecule has 1 aliphatic rings. The topological polar surface area (TPSA) is 42.4 Å². The van der Waals surface area contributed by atoms with E-state index in [9.17, 15) is 5.11 Å². The van der Waals surface area contributed by atoms with Gasteiger partial charge in [0.2, 0.25) is 0 Å². The van der Waals surface area contributed by atoms with E-state index in [1.807, 2.05) is 26.0 Å². The summed E-state index contributed by atoms with van der Waals surface area (Å²) in [4.78, 5) is 4.50. The summed E-state index contributed by atoms with van der Waals surface area (Å²) in [5, 5.41) is 9.74. The Kier molecular flexibility index (Phi) is 2.89. The van der Waals surface area contributed by atoms with E-state index >= 15 is 0 Å². The van der Waals surface area contributed by atoms with Crippen molar-refractivity contribution < 1.29 is 9.84 Å². The Morgan fingerprint density at radius 3 is 2.69 bits per heavy atom. The van der Waals surface area contributed by atoms with Crippen LogP contribution in [0.25, 0.3) is 0 Å². The Morgan fingerprint density at radius 1 is 1.50 bits per heavy atom. The van der Waals surface area contributed by atoms with Crippen LogP contribution in [0, 0.1) is 12.3 Å². The maximum absolute atomic E-state index is 9.74. The molecule has 0 saturated heterocycles. The van der Waals surface area contributed by atoms with Crippen LogP contribution in [-0.4, -0.2) is 23.3 Å². The molecule has 2 rings (SSSR count). The van der Waals surface area contributed by atoms with E-state index in [4.69, 9.17) is 4.74 Å². The molecular weight excluding hydrogens is 202 g/mol. The molecule has 1 heterocycles. The van der Waals surface area contributed by atoms with Gasteiger partial charge in [0.15, 0.2) is 0 Å². The van der Waals surface area contributed by atoms with Gasteiger partial charge < -0.3 is 9.84 Å². The van der Waals surface area contributed by atoms with Gasteiger partial charge in [-0.1, -0.05) is 0 Å². The lowest BCUT2D eigenvalue weighted by molar-refractivity contribution is 0.110. The Bertz CT molecular complexity index is 384. The molecule has 1 aromatic heterocycles. The minimum absolute atomic E-state index is 0.0752. The molecular formula is C13H19NO2. The molecule has 0 aromatic carbocycles. The molecule has 0 amide bonds. The second kappa shape index (κ2) is 4.06. The van der Waals surface area contributed by atoms with Gasteiger partial charge in [-0.2, -0.15) is 0 Å². The van der Waals surface area contributed by atoms with Crippen LogP contribution in [0.5, 0.6) is 5.75 Å². The average molecular weight is 221 g/mol. The highest BCUT2D eigenvalue weighted by Crippen LogP contribution is 2.51. The third kappa shape index (κ3) is 2.19. The van der Waals surface area contributed by atoms with Crippen LogP contribution in [-0.2, 0) is 6.42 Å². The van der Waals surface area contributed by atoms with Gasteiger partial charge in [0.1, 0.15) is 5.75 Å². The van der Waals surface area contributed by atoms with Crippen LogP contribution in [0.15, 0.2) is 12.1 Å². The van der Waals surface area contributed by atoms with Crippen molar-refractivity contribution in [3.05, 3.63) is 23.5 Å². The molecule has 0 aliphatic heterocycles. The summed E-state index contributed by atoms with van der Waals surface area (Å²) in [6, 6.07) is 3.89. The SMILES string of the molecule is COc1cc(C)nc(CC2(C(C)O)CC2)c1. The van der Waals surface area contributed by atoms with E-state index in [0.29, 0.717) is 0 Å². The van der Waals surface area contributed by atoms with Gasteiger partial charge in [-0.15, -0.1) is 0 Å². The number of hydrogen-bond donors (Lipinski definition) is 1. The van der Waals surface area contributed by atoms with Crippen LogP contribution in [0.1, 0.15) is 31.2 Å². The minimum Gasteiger partial charge on any atom is -0.497 e. The molecule has 1 aromatic rings. The van der Waals surface area contributed by atoms with Crippen molar-refractivity contribution in [1.29, 1.82) is 0 Å². The molecule has 0 radical (unpaired) electrons. The van der Waals surface area contributed by atoms with Crippen LogP contribution < -0.4 is 4.74 Å². The maximum atomic E-state index is 9.74. The predicted octanol–water partition coefficient (Wildman–Crippen LogP) is 2.10. The lowest BCUT2D eigenvalue weighted by Gasteiger charge is -2.18. The first-order chi connectivity index (χ1) is 7.55. The fraction of sp³-hybridized carbons (Fsp3) is 0.615. The summed E-state index contributed by atoms with van der Waals surface area (Å²) in [6.45, 7) is 3.84. The summed E-state index contributed by atoms with van der Waals surface area (Å²) in [7, 11) is 1.67. The molecule has 88 valence electrons. The van der Waals surface area contributed by atoms with Gasteiger partial charge in [-0.3, -0.25) is 4.98 Å². The summed E-state index contributed by atoms with van der Waals surface area (Å²) >= 11 is 0. The highest BCUT2D eigenvalue weighted by Gasteiger charge is 2.47. The highest BCUT2D eigenvalue weighted by atomic mass is 16.5. The lowest BCUT2D eigenvalue weighted by Crippen LogP contribution is -2.21. The first-order valence-electron chi connectivity index (χ1n) is 5.75. The van der Waals surface area contributed by atoms with Gasteiger partial charge in [0.05, 0.1) is 13.2 Å². The number of aryl methyl sites for hydroxylation is 1. The molecule has 16 heavy (non-hydrogen) atoms. The summed E-state index contributed by atoms with van der Waals surface area (Å²) in [5.74, 6) is 0.851. The third-order valence-corrected chi connectivity index (χ3v) is 3.53. The molecule has 3 nitrogen and oxygen atoms in total. The second-order valence-electron chi connectivity index (χ2n) is 4.85. The first kappa shape index (κ1) is 11.4. The molecule has 1 N–H and O–H groups in total. The van der Waals surface area contributed by atoms with E-state index in [1.165, 1.54) is 0 Å². The zero-order chi connectivity index (χ0) is 11.8. The molecule has 1 saturated carbocycles. The van der Waals surface area contributed by atoms with Crippen molar-refractivity contribution in [3.8, 4) is 5.75 Å². The maximum Gasteiger partial charge on any atom is 0.122 e. The van der Waals surface area contributed by atoms with E-state index in [-0.39, 0.29) is 11.5 Å². The molecule has 3 heteroatoms. The van der Waals surface area contributed by atoms with Crippen LogP contribution in [0.2, 0.25) is 0 Å². The highest BCUT2D eigenvalue weighted by molar-refractivity contribution is 5.28. The summed E-state index contributed by atoms with van der Waals surface area (Å²) in [5.41, 5.74) is 2.07. The quantitative estimate of drug-likeness (QED) is 0.846. The smallest absolute Gasteiger partial charge is 0.122 e. The van der Waals surface area contributed by atoms with Gasteiger partial charge in [-0.25, -0.2) is 0 Å². The molecule has 0 spiro atoms. The van der Waals surface area contributed by atoms with Gasteiger partial charge in [0.25, 0.3) is 0 Å². The Labute approximate surface area is 96.5 Å². The standard InChI is InChI=1S/C13H19NO2/c1-9-6-12(16-3)7-11(14-9)8-13(4-5-13)10(2)15/h6-7,10,15H,4-5,8H2,1-3H3. The largest absolute Gasteiger partial charge is 0.497 e. The van der Waals surface area contributed by atoms with Crippen molar-refractivity contribution in [2.45, 2.75) is 39.2 Å². The number of aromatic nitrogens is 1. The molecule has 1 aliphatic carbocycles. The Morgan fingerprint density at radius 2 is 2.19 bits per heavy atom. The van der Waals surface area contributed by atoms with Gasteiger partial charge in [-0.05, 0) is 33.1 Å². The van der Waals surface area contributed by atoms with Crippen molar-refractivity contribution in [1.82, 2.24) is 4.98 Å². The first-order valence-corrected chi connectivity index (χ1v) is 5.75. The van der Waals surface area contributed by atoms with Crippen LogP contribution in [0.4, 0.5) is 0 Å². The number of aliphatic hydroxyl groups is 1. The normalized spacial score (nSPS) is 19.2. The molecule has 1 fully saturated rings. The predicted molar refractivity (Wildman–Crippen MR) is 62.6 cm³/mol. The summed E-state index contributed by atoms with van der Waals surface area (Å²) in [6.07, 6.45) is 2.80. The fourth-order valence-corrected chi connectivity index (χ4v) is 2.17. The average Bonchev–Trinajstić information content (AvgIpc) is 2.98. The van der Waals surface area contributed by atoms with E-state index in [2.05, 4.69) is 4.98 Å². The number of hydrogen-bond acceptors (Lipinski definition) is 3. The number of methoxy groups -OCH3 is 1. The van der Waals surface area contributed by atoms with Crippen molar-refractivity contribution >= 4 is 0 Å². The third-order valence-electron chi connectivity index (χ3n) is 3.53. The summed E-state index contributed by atoms with van der Waals surface area (Å²) < 4.78 is 5.23. The minimum atomic E-state index is -0.249. The Balaban J connectivity index is 2.18. The zero-order valence-corrected chi connectivity index (χ0v) is 10.2. The van der Waals surface area contributed by atoms with E-state index in [1.54, 1.807) is 7.11 Å². The number of nitrogens with zero attached hydrogens (tertiary/aromatic N) is 1. The zero-order valence-electron chi connectivity index (χ0n) is 10.2. The monoisotopic (exact) mass is 221 g/mol. The lowest BCUT2D eigenvalue weighted by atomic mass is 9.94. The number of aliphatic hydroxyl groups excluding tert-OH is 1.